The fraction of sp³-hybridized carbons (Fsp3) is 0. The Morgan fingerprint density at radius 3 is 1.15 bits per heavy atom. The first-order chi connectivity index (χ1) is 30.2. The molecule has 0 saturated carbocycles. The van der Waals surface area contributed by atoms with Gasteiger partial charge in [0.15, 0.2) is 5.82 Å². The molecule has 0 N–H and O–H groups in total. The highest BCUT2D eigenvalue weighted by molar-refractivity contribution is 6.10. The Labute approximate surface area is 354 Å². The Kier molecular flexibility index (Phi) is 9.18. The van der Waals surface area contributed by atoms with Gasteiger partial charge in [-0.25, -0.2) is 4.98 Å². The Morgan fingerprint density at radius 1 is 0.262 bits per heavy atom. The van der Waals surface area contributed by atoms with E-state index in [0.717, 1.165) is 66.6 Å². The number of furan rings is 1. The van der Waals surface area contributed by atoms with Gasteiger partial charge in [0.25, 0.3) is 0 Å². The van der Waals surface area contributed by atoms with Crippen LogP contribution < -0.4 is 0 Å². The highest BCUT2D eigenvalue weighted by Gasteiger charge is 2.19. The predicted octanol–water partition coefficient (Wildman–Crippen LogP) is 15.7. The molecule has 0 aliphatic heterocycles. The van der Waals surface area contributed by atoms with Crippen LogP contribution in [0.5, 0.6) is 0 Å². The van der Waals surface area contributed by atoms with Gasteiger partial charge < -0.3 is 4.42 Å². The highest BCUT2D eigenvalue weighted by Crippen LogP contribution is 2.39. The second-order valence-corrected chi connectivity index (χ2v) is 15.4. The molecule has 0 aliphatic rings. The third-order valence-electron chi connectivity index (χ3n) is 11.5. The molecule has 0 aliphatic carbocycles. The number of nitrogens with zero attached hydrogens (tertiary/aromatic N) is 2. The highest BCUT2D eigenvalue weighted by atomic mass is 16.3. The van der Waals surface area contributed by atoms with Crippen molar-refractivity contribution in [1.82, 2.24) is 9.97 Å². The quantitative estimate of drug-likeness (QED) is 0.154. The van der Waals surface area contributed by atoms with Gasteiger partial charge >= 0.3 is 0 Å². The smallest absolute Gasteiger partial charge is 0.231 e. The molecule has 0 unspecified atom stereocenters. The van der Waals surface area contributed by atoms with Crippen LogP contribution in [0.15, 0.2) is 235 Å². The van der Waals surface area contributed by atoms with Gasteiger partial charge in [-0.15, -0.1) is 0 Å². The summed E-state index contributed by atoms with van der Waals surface area (Å²) in [5, 5.41) is 1.91. The van der Waals surface area contributed by atoms with E-state index in [2.05, 4.69) is 206 Å². The normalized spacial score (nSPS) is 11.3. The van der Waals surface area contributed by atoms with E-state index in [9.17, 15) is 0 Å². The first-order valence-corrected chi connectivity index (χ1v) is 20.6. The Morgan fingerprint density at radius 2 is 0.607 bits per heavy atom. The minimum Gasteiger partial charge on any atom is -0.438 e. The third-order valence-corrected chi connectivity index (χ3v) is 11.5. The molecule has 0 fully saturated rings. The van der Waals surface area contributed by atoms with Gasteiger partial charge in [0.05, 0.1) is 11.1 Å². The topological polar surface area (TPSA) is 38.9 Å². The average Bonchev–Trinajstić information content (AvgIpc) is 3.73. The van der Waals surface area contributed by atoms with Crippen LogP contribution in [-0.2, 0) is 0 Å². The first kappa shape index (κ1) is 36.0. The lowest BCUT2D eigenvalue weighted by molar-refractivity contribution is 0.653. The van der Waals surface area contributed by atoms with Crippen LogP contribution in [0.2, 0.25) is 0 Å². The number of hydrogen-bond acceptors (Lipinski definition) is 3. The lowest BCUT2D eigenvalue weighted by atomic mass is 9.91. The van der Waals surface area contributed by atoms with Crippen LogP contribution >= 0.6 is 0 Å². The third kappa shape index (κ3) is 7.09. The number of benzene rings is 9. The van der Waals surface area contributed by atoms with E-state index >= 15 is 0 Å². The zero-order chi connectivity index (χ0) is 40.5. The van der Waals surface area contributed by atoms with Crippen molar-refractivity contribution >= 4 is 22.1 Å². The maximum Gasteiger partial charge on any atom is 0.231 e. The summed E-state index contributed by atoms with van der Waals surface area (Å²) in [5.74, 6) is 0.616. The number of aromatic nitrogens is 2. The van der Waals surface area contributed by atoms with E-state index < -0.39 is 0 Å². The van der Waals surface area contributed by atoms with Crippen molar-refractivity contribution < 1.29 is 4.42 Å². The van der Waals surface area contributed by atoms with E-state index in [1.807, 2.05) is 24.3 Å². The standard InChI is InChI=1S/C58H38N2O/c1-4-16-39(17-5-1)42-22-14-28-48(34-42)56-55-53-30-10-11-31-54(53)61-58(55)60-57(59-56)49-29-15-26-46(35-49)44-24-12-23-43(32-44)45-25-13-27-47(33-45)52-37-50(40-18-6-2-7-19-40)36-51(38-52)41-20-8-3-9-21-41/h1-38H. The first-order valence-electron chi connectivity index (χ1n) is 20.6. The number of fused-ring (bicyclic) bond motifs is 3. The zero-order valence-electron chi connectivity index (χ0n) is 33.2. The molecule has 11 aromatic rings. The van der Waals surface area contributed by atoms with Gasteiger partial charge in [-0.3, -0.25) is 0 Å². The van der Waals surface area contributed by atoms with E-state index in [0.29, 0.717) is 11.5 Å². The van der Waals surface area contributed by atoms with Crippen molar-refractivity contribution in [3.63, 3.8) is 0 Å². The van der Waals surface area contributed by atoms with Gasteiger partial charge in [0.1, 0.15) is 5.58 Å². The molecule has 9 aromatic carbocycles. The molecule has 0 atom stereocenters. The molecule has 3 nitrogen and oxygen atoms in total. The van der Waals surface area contributed by atoms with E-state index in [1.54, 1.807) is 0 Å². The van der Waals surface area contributed by atoms with Crippen LogP contribution in [0.3, 0.4) is 0 Å². The molecule has 61 heavy (non-hydrogen) atoms. The van der Waals surface area contributed by atoms with Gasteiger partial charge in [-0.2, -0.15) is 4.98 Å². The molecule has 286 valence electrons. The molecule has 2 heterocycles. The van der Waals surface area contributed by atoms with Crippen molar-refractivity contribution in [2.24, 2.45) is 0 Å². The monoisotopic (exact) mass is 778 g/mol. The van der Waals surface area contributed by atoms with Crippen LogP contribution in [0.4, 0.5) is 0 Å². The fourth-order valence-corrected chi connectivity index (χ4v) is 8.42. The molecular formula is C58H38N2O. The van der Waals surface area contributed by atoms with Gasteiger partial charge in [-0.1, -0.05) is 182 Å². The lowest BCUT2D eigenvalue weighted by Gasteiger charge is -2.13. The molecule has 0 spiro atoms. The number of para-hydroxylation sites is 1. The molecule has 2 aromatic heterocycles. The summed E-state index contributed by atoms with van der Waals surface area (Å²) >= 11 is 0. The second kappa shape index (κ2) is 15.6. The number of rotatable bonds is 8. The summed E-state index contributed by atoms with van der Waals surface area (Å²) in [5.41, 5.74) is 18.1. The molecule has 3 heteroatoms. The molecule has 0 amide bonds. The van der Waals surface area contributed by atoms with Gasteiger partial charge in [-0.05, 0) is 115 Å². The fourth-order valence-electron chi connectivity index (χ4n) is 8.42. The van der Waals surface area contributed by atoms with Crippen molar-refractivity contribution in [1.29, 1.82) is 0 Å². The van der Waals surface area contributed by atoms with Crippen molar-refractivity contribution in [2.45, 2.75) is 0 Å². The summed E-state index contributed by atoms with van der Waals surface area (Å²) in [4.78, 5) is 10.4. The summed E-state index contributed by atoms with van der Waals surface area (Å²) < 4.78 is 6.42. The van der Waals surface area contributed by atoms with E-state index in [4.69, 9.17) is 14.4 Å². The maximum atomic E-state index is 6.42. The Bertz CT molecular complexity index is 3290. The summed E-state index contributed by atoms with van der Waals surface area (Å²) in [7, 11) is 0. The minimum absolute atomic E-state index is 0.573. The van der Waals surface area contributed by atoms with Crippen LogP contribution in [0.25, 0.3) is 111 Å². The second-order valence-electron chi connectivity index (χ2n) is 15.4. The molecule has 11 rings (SSSR count). The molecule has 0 saturated heterocycles. The minimum atomic E-state index is 0.573. The molecular weight excluding hydrogens is 741 g/mol. The summed E-state index contributed by atoms with van der Waals surface area (Å²) in [6.07, 6.45) is 0. The van der Waals surface area contributed by atoms with Gasteiger partial charge in [0, 0.05) is 16.5 Å². The number of hydrogen-bond donors (Lipinski definition) is 0. The Balaban J connectivity index is 0.969. The van der Waals surface area contributed by atoms with Crippen molar-refractivity contribution in [2.75, 3.05) is 0 Å². The molecule has 0 radical (unpaired) electrons. The van der Waals surface area contributed by atoms with Crippen LogP contribution in [-0.4, -0.2) is 9.97 Å². The predicted molar refractivity (Wildman–Crippen MR) is 253 cm³/mol. The van der Waals surface area contributed by atoms with Crippen LogP contribution in [0, 0.1) is 0 Å². The lowest BCUT2D eigenvalue weighted by Crippen LogP contribution is -1.94. The van der Waals surface area contributed by atoms with E-state index in [-0.39, 0.29) is 0 Å². The Hall–Kier alpha value is -8.14. The maximum absolute atomic E-state index is 6.42. The van der Waals surface area contributed by atoms with Crippen molar-refractivity contribution in [3.8, 4) is 89.4 Å². The van der Waals surface area contributed by atoms with Crippen LogP contribution in [0.1, 0.15) is 0 Å². The van der Waals surface area contributed by atoms with Gasteiger partial charge in [0.2, 0.25) is 5.71 Å². The largest absolute Gasteiger partial charge is 0.438 e. The molecule has 0 bridgehead atoms. The summed E-state index contributed by atoms with van der Waals surface area (Å²) in [6.45, 7) is 0. The average molecular weight is 779 g/mol. The van der Waals surface area contributed by atoms with E-state index in [1.165, 1.54) is 33.4 Å². The van der Waals surface area contributed by atoms with Crippen molar-refractivity contribution in [3.05, 3.63) is 231 Å². The summed E-state index contributed by atoms with van der Waals surface area (Å²) in [6, 6.07) is 81.4. The zero-order valence-corrected chi connectivity index (χ0v) is 33.2. The SMILES string of the molecule is c1ccc(-c2cc(-c3ccccc3)cc(-c3cccc(-c4cccc(-c5cccc(-c6nc(-c7cccc(-c8ccccc8)c7)c7c(n6)oc6ccccc67)c5)c4)c3)c2)cc1.